The van der Waals surface area contributed by atoms with Crippen LogP contribution in [0.1, 0.15) is 49.1 Å². The molecular formula is C23H24F6N2O2. The van der Waals surface area contributed by atoms with Gasteiger partial charge in [0.1, 0.15) is 5.54 Å². The first-order valence-electron chi connectivity index (χ1n) is 10.3. The number of carbonyl (C=O) groups is 1. The molecule has 0 spiro atoms. The Labute approximate surface area is 187 Å². The van der Waals surface area contributed by atoms with Crippen molar-refractivity contribution < 1.29 is 35.9 Å². The lowest BCUT2D eigenvalue weighted by Crippen LogP contribution is -2.45. The number of halogens is 6. The lowest BCUT2D eigenvalue weighted by Gasteiger charge is -2.31. The monoisotopic (exact) mass is 474 g/mol. The number of carbonyl (C=O) groups excluding carboxylic acids is 1. The lowest BCUT2D eigenvalue weighted by molar-refractivity contribution is -0.143. The highest BCUT2D eigenvalue weighted by Gasteiger charge is 2.45. The Morgan fingerprint density at radius 2 is 1.52 bits per heavy atom. The summed E-state index contributed by atoms with van der Waals surface area (Å²) >= 11 is 0. The third-order valence-electron chi connectivity index (χ3n) is 5.66. The molecule has 1 N–H and O–H groups in total. The first kappa shape index (κ1) is 24.9. The Kier molecular flexibility index (Phi) is 6.70. The van der Waals surface area contributed by atoms with Gasteiger partial charge in [0, 0.05) is 6.04 Å². The van der Waals surface area contributed by atoms with Gasteiger partial charge < -0.3 is 15.0 Å². The van der Waals surface area contributed by atoms with Crippen molar-refractivity contribution in [1.82, 2.24) is 10.2 Å². The minimum Gasteiger partial charge on any atom is -0.371 e. The third kappa shape index (κ3) is 5.43. The summed E-state index contributed by atoms with van der Waals surface area (Å²) in [6.07, 6.45) is -11.0. The van der Waals surface area contributed by atoms with E-state index < -0.39 is 35.1 Å². The topological polar surface area (TPSA) is 41.6 Å². The number of alkyl halides is 6. The predicted molar refractivity (Wildman–Crippen MR) is 109 cm³/mol. The molecule has 10 heteroatoms. The SMILES string of the molecule is CC(C)N1C[C@@](CO[C@H](C)c2cc(C(F)(F)F)cc(C(F)(F)F)c2)(c2ccccc2)NC1=O. The summed E-state index contributed by atoms with van der Waals surface area (Å²) in [5.41, 5.74) is -3.36. The van der Waals surface area contributed by atoms with E-state index in [4.69, 9.17) is 4.74 Å². The maximum atomic E-state index is 13.2. The van der Waals surface area contributed by atoms with Crippen molar-refractivity contribution in [3.8, 4) is 0 Å². The van der Waals surface area contributed by atoms with Gasteiger partial charge in [0.25, 0.3) is 0 Å². The number of benzene rings is 2. The second-order valence-corrected chi connectivity index (χ2v) is 8.39. The van der Waals surface area contributed by atoms with Gasteiger partial charge in [-0.1, -0.05) is 30.3 Å². The molecule has 3 rings (SSSR count). The van der Waals surface area contributed by atoms with Crippen LogP contribution >= 0.6 is 0 Å². The Morgan fingerprint density at radius 1 is 0.970 bits per heavy atom. The number of hydrogen-bond donors (Lipinski definition) is 1. The van der Waals surface area contributed by atoms with E-state index >= 15 is 0 Å². The molecule has 1 aliphatic heterocycles. The van der Waals surface area contributed by atoms with Gasteiger partial charge in [0.05, 0.1) is 30.4 Å². The summed E-state index contributed by atoms with van der Waals surface area (Å²) in [5.74, 6) is 0. The van der Waals surface area contributed by atoms with Gasteiger partial charge in [0.15, 0.2) is 0 Å². The minimum absolute atomic E-state index is 0.0827. The largest absolute Gasteiger partial charge is 0.416 e. The third-order valence-corrected chi connectivity index (χ3v) is 5.66. The van der Waals surface area contributed by atoms with E-state index in [1.165, 1.54) is 6.92 Å². The quantitative estimate of drug-likeness (QED) is 0.512. The fourth-order valence-corrected chi connectivity index (χ4v) is 3.76. The van der Waals surface area contributed by atoms with Gasteiger partial charge in [-0.05, 0) is 50.1 Å². The molecule has 1 aliphatic rings. The average Bonchev–Trinajstić information content (AvgIpc) is 3.09. The molecule has 2 aromatic rings. The van der Waals surface area contributed by atoms with Crippen LogP contribution in [0.15, 0.2) is 48.5 Å². The molecule has 180 valence electrons. The molecule has 2 amide bonds. The molecule has 2 atom stereocenters. The van der Waals surface area contributed by atoms with Crippen LogP contribution in [0, 0.1) is 0 Å². The molecule has 0 unspecified atom stereocenters. The van der Waals surface area contributed by atoms with Crippen molar-refractivity contribution >= 4 is 6.03 Å². The highest BCUT2D eigenvalue weighted by Crippen LogP contribution is 2.38. The van der Waals surface area contributed by atoms with Gasteiger partial charge in [-0.15, -0.1) is 0 Å². The number of hydrogen-bond acceptors (Lipinski definition) is 2. The van der Waals surface area contributed by atoms with Crippen molar-refractivity contribution in [2.45, 2.75) is 50.8 Å². The van der Waals surface area contributed by atoms with E-state index in [-0.39, 0.29) is 36.9 Å². The van der Waals surface area contributed by atoms with Crippen LogP contribution in [0.4, 0.5) is 31.1 Å². The highest BCUT2D eigenvalue weighted by molar-refractivity contribution is 5.78. The van der Waals surface area contributed by atoms with Gasteiger partial charge >= 0.3 is 18.4 Å². The standard InChI is InChI=1S/C23H24F6N2O2/c1-14(2)31-12-21(30-20(31)32,17-7-5-4-6-8-17)13-33-15(3)16-9-18(22(24,25)26)11-19(10-16)23(27,28)29/h4-11,14-15H,12-13H2,1-3H3,(H,30,32)/t15-,21-/m1/s1. The lowest BCUT2D eigenvalue weighted by atomic mass is 9.91. The molecule has 0 aromatic heterocycles. The van der Waals surface area contributed by atoms with Crippen molar-refractivity contribution in [3.05, 3.63) is 70.8 Å². The van der Waals surface area contributed by atoms with Crippen molar-refractivity contribution in [1.29, 1.82) is 0 Å². The van der Waals surface area contributed by atoms with Crippen LogP contribution in [0.3, 0.4) is 0 Å². The number of amides is 2. The Balaban J connectivity index is 1.92. The zero-order chi connectivity index (χ0) is 24.6. The summed E-state index contributed by atoms with van der Waals surface area (Å²) in [6, 6.07) is 9.84. The first-order valence-corrected chi connectivity index (χ1v) is 10.3. The van der Waals surface area contributed by atoms with Crippen molar-refractivity contribution in [3.63, 3.8) is 0 Å². The van der Waals surface area contributed by atoms with E-state index in [1.54, 1.807) is 35.2 Å². The van der Waals surface area contributed by atoms with E-state index in [0.717, 1.165) is 0 Å². The average molecular weight is 474 g/mol. The number of nitrogens with one attached hydrogen (secondary N) is 1. The molecule has 0 bridgehead atoms. The fourth-order valence-electron chi connectivity index (χ4n) is 3.76. The molecule has 33 heavy (non-hydrogen) atoms. The maximum absolute atomic E-state index is 13.2. The number of ether oxygens (including phenoxy) is 1. The summed E-state index contributed by atoms with van der Waals surface area (Å²) < 4.78 is 85.1. The molecule has 2 aromatic carbocycles. The molecular weight excluding hydrogens is 450 g/mol. The van der Waals surface area contributed by atoms with Crippen LogP contribution in [0.25, 0.3) is 0 Å². The number of rotatable bonds is 6. The smallest absolute Gasteiger partial charge is 0.371 e. The first-order chi connectivity index (χ1) is 15.2. The van der Waals surface area contributed by atoms with Crippen molar-refractivity contribution in [2.75, 3.05) is 13.2 Å². The van der Waals surface area contributed by atoms with Gasteiger partial charge in [-0.2, -0.15) is 26.3 Å². The van der Waals surface area contributed by atoms with Gasteiger partial charge in [-0.3, -0.25) is 0 Å². The summed E-state index contributed by atoms with van der Waals surface area (Å²) in [7, 11) is 0. The molecule has 0 saturated carbocycles. The zero-order valence-electron chi connectivity index (χ0n) is 18.2. The normalized spacial score (nSPS) is 20.3. The number of urea groups is 1. The zero-order valence-corrected chi connectivity index (χ0v) is 18.2. The van der Waals surface area contributed by atoms with Crippen LogP contribution < -0.4 is 5.32 Å². The molecule has 4 nitrogen and oxygen atoms in total. The molecule has 0 aliphatic carbocycles. The van der Waals surface area contributed by atoms with Crippen LogP contribution in [0.2, 0.25) is 0 Å². The second kappa shape index (κ2) is 8.89. The van der Waals surface area contributed by atoms with E-state index in [1.807, 2.05) is 13.8 Å². The summed E-state index contributed by atoms with van der Waals surface area (Å²) in [6.45, 7) is 5.14. The molecule has 1 heterocycles. The molecule has 0 radical (unpaired) electrons. The van der Waals surface area contributed by atoms with E-state index in [9.17, 15) is 31.1 Å². The maximum Gasteiger partial charge on any atom is 0.416 e. The van der Waals surface area contributed by atoms with E-state index in [2.05, 4.69) is 5.32 Å². The predicted octanol–water partition coefficient (Wildman–Crippen LogP) is 6.13. The molecule has 1 saturated heterocycles. The second-order valence-electron chi connectivity index (χ2n) is 8.39. The van der Waals surface area contributed by atoms with Crippen LogP contribution in [-0.2, 0) is 22.6 Å². The minimum atomic E-state index is -4.95. The van der Waals surface area contributed by atoms with Crippen LogP contribution in [0.5, 0.6) is 0 Å². The van der Waals surface area contributed by atoms with Crippen molar-refractivity contribution in [2.24, 2.45) is 0 Å². The fraction of sp³-hybridized carbons (Fsp3) is 0.435. The van der Waals surface area contributed by atoms with Crippen LogP contribution in [-0.4, -0.2) is 30.1 Å². The summed E-state index contributed by atoms with van der Waals surface area (Å²) in [5, 5.41) is 2.90. The Bertz CT molecular complexity index is 958. The highest BCUT2D eigenvalue weighted by atomic mass is 19.4. The van der Waals surface area contributed by atoms with Gasteiger partial charge in [0.2, 0.25) is 0 Å². The Hall–Kier alpha value is -2.75. The number of nitrogens with zero attached hydrogens (tertiary/aromatic N) is 1. The Morgan fingerprint density at radius 3 is 1.97 bits per heavy atom. The van der Waals surface area contributed by atoms with E-state index in [0.29, 0.717) is 17.7 Å². The molecule has 1 fully saturated rings. The van der Waals surface area contributed by atoms with Gasteiger partial charge in [-0.25, -0.2) is 4.79 Å². The summed E-state index contributed by atoms with van der Waals surface area (Å²) in [4.78, 5) is 14.1.